The van der Waals surface area contributed by atoms with Crippen LogP contribution >= 0.6 is 0 Å². The summed E-state index contributed by atoms with van der Waals surface area (Å²) in [6.07, 6.45) is 0. The van der Waals surface area contributed by atoms with E-state index in [0.717, 1.165) is 0 Å². The van der Waals surface area contributed by atoms with E-state index < -0.39 is 0 Å². The molecule has 0 radical (unpaired) electrons. The Balaban J connectivity index is 1.17. The maximum Gasteiger partial charge on any atom is 0.329 e. The predicted molar refractivity (Wildman–Crippen MR) is 299 cm³/mol. The normalized spacial score (nSPS) is 14.6. The fraction of sp³-hybridized carbons (Fsp3) is 0.250. The summed E-state index contributed by atoms with van der Waals surface area (Å²) in [5.74, 6) is 0. The number of para-hydroxylation sites is 2. The molecule has 5 heterocycles. The fourth-order valence-corrected chi connectivity index (χ4v) is 12.5. The van der Waals surface area contributed by atoms with Crippen LogP contribution in [0.4, 0.5) is 28.4 Å². The number of anilines is 5. The summed E-state index contributed by atoms with van der Waals surface area (Å²) in [4.78, 5) is 5.45. The van der Waals surface area contributed by atoms with Gasteiger partial charge in [0.25, 0.3) is 6.71 Å². The van der Waals surface area contributed by atoms with Crippen LogP contribution in [-0.4, -0.2) is 18.1 Å². The molecule has 3 nitrogen and oxygen atoms in total. The lowest BCUT2D eigenvalue weighted by molar-refractivity contribution is 0.590. The molecule has 0 fully saturated rings. The molecule has 0 N–H and O–H groups in total. The van der Waals surface area contributed by atoms with Crippen molar-refractivity contribution in [2.45, 2.75) is 105 Å². The molecular formula is C64H61B2N3. The van der Waals surface area contributed by atoms with Gasteiger partial charge in [0.2, 0.25) is 0 Å². The number of nitrogens with zero attached hydrogens (tertiary/aromatic N) is 3. The molecule has 0 bridgehead atoms. The van der Waals surface area contributed by atoms with E-state index in [1.807, 2.05) is 0 Å². The van der Waals surface area contributed by atoms with Gasteiger partial charge in [-0.25, -0.2) is 0 Å². The predicted octanol–water partition coefficient (Wildman–Crippen LogP) is 13.5. The summed E-state index contributed by atoms with van der Waals surface area (Å²) < 4.78 is 2.43. The van der Waals surface area contributed by atoms with Gasteiger partial charge in [-0.2, -0.15) is 0 Å². The van der Waals surface area contributed by atoms with Gasteiger partial charge in [0.05, 0.1) is 11.0 Å². The van der Waals surface area contributed by atoms with Crippen LogP contribution in [0.1, 0.15) is 105 Å². The monoisotopic (exact) mass is 894 g/mol. The van der Waals surface area contributed by atoms with Crippen molar-refractivity contribution in [3.05, 3.63) is 174 Å². The number of benzene rings is 8. The fourth-order valence-electron chi connectivity index (χ4n) is 12.5. The van der Waals surface area contributed by atoms with Crippen LogP contribution in [0, 0.1) is 0 Å². The highest BCUT2D eigenvalue weighted by Gasteiger charge is 2.53. The number of fused-ring (bicyclic) bond motifs is 12. The first-order valence-corrected chi connectivity index (χ1v) is 25.2. The molecule has 0 aliphatic carbocycles. The minimum Gasteiger partial charge on any atom is -0.377 e. The van der Waals surface area contributed by atoms with Gasteiger partial charge in [-0.3, -0.25) is 0 Å². The quantitative estimate of drug-likeness (QED) is 0.160. The molecule has 338 valence electrons. The van der Waals surface area contributed by atoms with Crippen LogP contribution in [-0.2, 0) is 21.7 Å². The largest absolute Gasteiger partial charge is 0.377 e. The van der Waals surface area contributed by atoms with Gasteiger partial charge in [-0.15, -0.1) is 0 Å². The second-order valence-corrected chi connectivity index (χ2v) is 24.7. The molecule has 4 aliphatic rings. The first-order chi connectivity index (χ1) is 32.8. The first-order valence-electron chi connectivity index (χ1n) is 25.2. The van der Waals surface area contributed by atoms with Gasteiger partial charge in [0, 0.05) is 56.0 Å². The van der Waals surface area contributed by atoms with Crippen LogP contribution in [0.3, 0.4) is 0 Å². The number of hydrogen-bond donors (Lipinski definition) is 0. The molecule has 69 heavy (non-hydrogen) atoms. The zero-order valence-electron chi connectivity index (χ0n) is 42.4. The molecule has 4 aliphatic heterocycles. The second-order valence-electron chi connectivity index (χ2n) is 24.7. The van der Waals surface area contributed by atoms with E-state index in [9.17, 15) is 0 Å². The van der Waals surface area contributed by atoms with E-state index in [0.29, 0.717) is 0 Å². The molecule has 0 saturated carbocycles. The molecule has 1 aromatic heterocycles. The summed E-state index contributed by atoms with van der Waals surface area (Å²) >= 11 is 0. The van der Waals surface area contributed by atoms with Crippen molar-refractivity contribution in [2.24, 2.45) is 0 Å². The van der Waals surface area contributed by atoms with Gasteiger partial charge in [0.15, 0.2) is 0 Å². The van der Waals surface area contributed by atoms with Crippen LogP contribution in [0.25, 0.3) is 49.7 Å². The Hall–Kier alpha value is -6.71. The molecule has 5 heteroatoms. The van der Waals surface area contributed by atoms with Crippen molar-refractivity contribution < 1.29 is 0 Å². The average molecular weight is 894 g/mol. The highest BCUT2D eigenvalue weighted by Crippen LogP contribution is 2.52. The Bertz CT molecular complexity index is 3680. The first kappa shape index (κ1) is 42.4. The number of aromatic nitrogens is 1. The summed E-state index contributed by atoms with van der Waals surface area (Å²) in [6, 6.07) is 59.4. The lowest BCUT2D eigenvalue weighted by Gasteiger charge is -2.52. The van der Waals surface area contributed by atoms with Crippen molar-refractivity contribution in [1.29, 1.82) is 0 Å². The third-order valence-corrected chi connectivity index (χ3v) is 16.2. The third-order valence-electron chi connectivity index (χ3n) is 16.2. The molecule has 0 amide bonds. The van der Waals surface area contributed by atoms with E-state index in [4.69, 9.17) is 0 Å². The van der Waals surface area contributed by atoms with E-state index >= 15 is 0 Å². The van der Waals surface area contributed by atoms with Crippen molar-refractivity contribution in [1.82, 2.24) is 4.57 Å². The molecular weight excluding hydrogens is 832 g/mol. The average Bonchev–Trinajstić information content (AvgIpc) is 3.64. The van der Waals surface area contributed by atoms with Crippen LogP contribution in [0.2, 0.25) is 0 Å². The summed E-state index contributed by atoms with van der Waals surface area (Å²) in [7, 11) is 0. The Morgan fingerprint density at radius 1 is 0.362 bits per heavy atom. The highest BCUT2D eigenvalue weighted by atomic mass is 15.2. The van der Waals surface area contributed by atoms with Gasteiger partial charge < -0.3 is 14.3 Å². The minimum absolute atomic E-state index is 0.00232. The summed E-state index contributed by atoms with van der Waals surface area (Å²) in [5, 5.41) is 2.51. The highest BCUT2D eigenvalue weighted by molar-refractivity contribution is 7.03. The van der Waals surface area contributed by atoms with Crippen molar-refractivity contribution in [3.63, 3.8) is 0 Å². The smallest absolute Gasteiger partial charge is 0.329 e. The van der Waals surface area contributed by atoms with Crippen molar-refractivity contribution in [3.8, 4) is 27.9 Å². The molecule has 0 saturated heterocycles. The third kappa shape index (κ3) is 6.01. The molecule has 8 aromatic carbocycles. The number of rotatable bonds is 2. The Morgan fingerprint density at radius 2 is 0.899 bits per heavy atom. The van der Waals surface area contributed by atoms with Crippen molar-refractivity contribution in [2.75, 3.05) is 9.71 Å². The van der Waals surface area contributed by atoms with Crippen LogP contribution < -0.4 is 37.0 Å². The second kappa shape index (κ2) is 14.0. The zero-order chi connectivity index (χ0) is 47.8. The molecule has 9 aromatic rings. The Labute approximate surface area is 410 Å². The topological polar surface area (TPSA) is 11.4 Å². The van der Waals surface area contributed by atoms with E-state index in [2.05, 4.69) is 249 Å². The Morgan fingerprint density at radius 3 is 1.55 bits per heavy atom. The molecule has 0 atom stereocenters. The zero-order valence-corrected chi connectivity index (χ0v) is 42.4. The minimum atomic E-state index is -0.0694. The van der Waals surface area contributed by atoms with E-state index in [-0.39, 0.29) is 35.2 Å². The van der Waals surface area contributed by atoms with Gasteiger partial charge in [-0.05, 0) is 137 Å². The molecule has 0 spiro atoms. The van der Waals surface area contributed by atoms with Crippen molar-refractivity contribution >= 4 is 91.1 Å². The SMILES string of the molecule is CC(C)(C)c1ccc2c(c1)B1c3cc(C(C)(C)C)ccc3-c3ccc4c5c3N1c1c(cc(C(C)(C)C)cc1-2)B5c1cc(C(C)(C)C)ccc1N4c1ccc2c(c1)c1ccccc1n2-c1ccccc1. The van der Waals surface area contributed by atoms with Gasteiger partial charge in [-0.1, -0.05) is 180 Å². The Kier molecular flexibility index (Phi) is 8.58. The molecule has 13 rings (SSSR count). The van der Waals surface area contributed by atoms with Crippen LogP contribution in [0.5, 0.6) is 0 Å². The standard InChI is InChI=1S/C64H61B2N3/c1-61(2,3)38-22-26-44-47-28-31-57-58-60(47)69-59-49(45-27-23-39(62(4,5)6)34-51(45)66(69)50(44)33-38)32-41(64(10,11)12)36-53(59)65(58)52-35-40(63(7,8)9)24-29-56(52)68(57)43-25-30-55-48(37-43)46-20-16-17-21-54(46)67(55)42-18-14-13-15-19-42/h13-37H,1-12H3. The molecule has 0 unspecified atom stereocenters. The van der Waals surface area contributed by atoms with E-state index in [1.165, 1.54) is 128 Å². The summed E-state index contributed by atoms with van der Waals surface area (Å²) in [5.41, 5.74) is 27.8. The van der Waals surface area contributed by atoms with Gasteiger partial charge in [0.1, 0.15) is 0 Å². The maximum atomic E-state index is 2.83. The van der Waals surface area contributed by atoms with Gasteiger partial charge >= 0.3 is 6.85 Å². The maximum absolute atomic E-state index is 2.83. The van der Waals surface area contributed by atoms with Crippen LogP contribution in [0.15, 0.2) is 152 Å². The summed E-state index contributed by atoms with van der Waals surface area (Å²) in [6.45, 7) is 28.4. The van der Waals surface area contributed by atoms with E-state index in [1.54, 1.807) is 0 Å². The lowest BCUT2D eigenvalue weighted by Crippen LogP contribution is -2.69. The lowest BCUT2D eigenvalue weighted by atomic mass is 9.30. The number of hydrogen-bond acceptors (Lipinski definition) is 2.